The molecule has 0 spiro atoms. The third-order valence-corrected chi connectivity index (χ3v) is 4.06. The van der Waals surface area contributed by atoms with E-state index in [0.717, 1.165) is 23.0 Å². The van der Waals surface area contributed by atoms with Crippen LogP contribution >= 0.6 is 0 Å². The molecule has 0 saturated heterocycles. The Morgan fingerprint density at radius 2 is 2.20 bits per heavy atom. The van der Waals surface area contributed by atoms with Gasteiger partial charge < -0.3 is 10.4 Å². The van der Waals surface area contributed by atoms with Crippen molar-refractivity contribution in [2.75, 3.05) is 6.54 Å². The Hall–Kier alpha value is -2.80. The molecular weight excluding hydrogens is 318 g/mol. The summed E-state index contributed by atoms with van der Waals surface area (Å²) in [6.45, 7) is 3.99. The first-order valence-electron chi connectivity index (χ1n) is 8.34. The number of amides is 1. The second kappa shape index (κ2) is 7.40. The van der Waals surface area contributed by atoms with E-state index in [9.17, 15) is 9.90 Å². The van der Waals surface area contributed by atoms with Crippen molar-refractivity contribution in [3.8, 4) is 5.69 Å². The second-order valence-electron chi connectivity index (χ2n) is 5.97. The van der Waals surface area contributed by atoms with Crippen molar-refractivity contribution in [3.05, 3.63) is 47.9 Å². The monoisotopic (exact) mass is 339 g/mol. The van der Waals surface area contributed by atoms with Gasteiger partial charge in [-0.2, -0.15) is 0 Å². The molecule has 0 aliphatic heterocycles. The molecule has 2 heterocycles. The molecule has 7 nitrogen and oxygen atoms in total. The third kappa shape index (κ3) is 3.66. The molecule has 3 aromatic rings. The molecule has 1 atom stereocenters. The third-order valence-electron chi connectivity index (χ3n) is 4.06. The van der Waals surface area contributed by atoms with Crippen LogP contribution in [0.15, 0.2) is 36.5 Å². The SMILES string of the molecule is CCCC(O)CNC(=O)c1nnn(-c2ccc3ncccc3c2)c1C. The number of fused-ring (bicyclic) bond motifs is 1. The zero-order chi connectivity index (χ0) is 17.8. The molecule has 0 aliphatic carbocycles. The van der Waals surface area contributed by atoms with Crippen LogP contribution in [-0.2, 0) is 0 Å². The number of benzene rings is 1. The minimum absolute atomic E-state index is 0.209. The van der Waals surface area contributed by atoms with E-state index in [-0.39, 0.29) is 18.1 Å². The number of hydrogen-bond acceptors (Lipinski definition) is 5. The Labute approximate surface area is 145 Å². The number of nitrogens with one attached hydrogen (secondary N) is 1. The number of pyridine rings is 1. The van der Waals surface area contributed by atoms with E-state index in [2.05, 4.69) is 20.6 Å². The van der Waals surface area contributed by atoms with Crippen LogP contribution in [0.25, 0.3) is 16.6 Å². The summed E-state index contributed by atoms with van der Waals surface area (Å²) in [5, 5.41) is 21.5. The average molecular weight is 339 g/mol. The molecule has 7 heteroatoms. The molecule has 25 heavy (non-hydrogen) atoms. The lowest BCUT2D eigenvalue weighted by atomic mass is 10.2. The number of aromatic nitrogens is 4. The van der Waals surface area contributed by atoms with Gasteiger partial charge in [-0.05, 0) is 37.6 Å². The van der Waals surface area contributed by atoms with Crippen molar-refractivity contribution in [2.45, 2.75) is 32.8 Å². The minimum Gasteiger partial charge on any atom is -0.391 e. The highest BCUT2D eigenvalue weighted by atomic mass is 16.3. The van der Waals surface area contributed by atoms with Gasteiger partial charge in [0.2, 0.25) is 0 Å². The summed E-state index contributed by atoms with van der Waals surface area (Å²) in [5.74, 6) is -0.332. The molecule has 0 radical (unpaired) electrons. The number of nitrogens with zero attached hydrogens (tertiary/aromatic N) is 4. The fourth-order valence-corrected chi connectivity index (χ4v) is 2.71. The molecule has 130 valence electrons. The molecule has 3 rings (SSSR count). The molecule has 0 aliphatic rings. The van der Waals surface area contributed by atoms with E-state index in [0.29, 0.717) is 12.1 Å². The molecule has 2 N–H and O–H groups in total. The Bertz CT molecular complexity index is 890. The largest absolute Gasteiger partial charge is 0.391 e. The van der Waals surface area contributed by atoms with Crippen molar-refractivity contribution in [1.29, 1.82) is 0 Å². The molecule has 0 fully saturated rings. The number of rotatable bonds is 6. The number of aliphatic hydroxyl groups is 1. The van der Waals surface area contributed by atoms with Gasteiger partial charge in [-0.1, -0.05) is 24.6 Å². The highest BCUT2D eigenvalue weighted by Crippen LogP contribution is 2.18. The Balaban J connectivity index is 1.81. The van der Waals surface area contributed by atoms with Gasteiger partial charge in [-0.15, -0.1) is 5.10 Å². The lowest BCUT2D eigenvalue weighted by Crippen LogP contribution is -2.32. The second-order valence-corrected chi connectivity index (χ2v) is 5.97. The van der Waals surface area contributed by atoms with Crippen LogP contribution in [0.3, 0.4) is 0 Å². The maximum atomic E-state index is 12.3. The fraction of sp³-hybridized carbons (Fsp3) is 0.333. The van der Waals surface area contributed by atoms with Gasteiger partial charge >= 0.3 is 0 Å². The van der Waals surface area contributed by atoms with Crippen molar-refractivity contribution in [2.24, 2.45) is 0 Å². The van der Waals surface area contributed by atoms with E-state index < -0.39 is 6.10 Å². The lowest BCUT2D eigenvalue weighted by Gasteiger charge is -2.10. The number of carbonyl (C=O) groups is 1. The van der Waals surface area contributed by atoms with Gasteiger partial charge in [-0.25, -0.2) is 4.68 Å². The van der Waals surface area contributed by atoms with E-state index in [1.54, 1.807) is 17.8 Å². The molecular formula is C18H21N5O2. The Morgan fingerprint density at radius 1 is 1.36 bits per heavy atom. The quantitative estimate of drug-likeness (QED) is 0.717. The summed E-state index contributed by atoms with van der Waals surface area (Å²) in [4.78, 5) is 16.6. The first-order valence-corrected chi connectivity index (χ1v) is 8.34. The topological polar surface area (TPSA) is 92.9 Å². The van der Waals surface area contributed by atoms with Gasteiger partial charge in [-0.3, -0.25) is 9.78 Å². The standard InChI is InChI=1S/C18H21N5O2/c1-3-5-15(24)11-20-18(25)17-12(2)23(22-21-17)14-7-8-16-13(10-14)6-4-9-19-16/h4,6-10,15,24H,3,5,11H2,1-2H3,(H,20,25). The van der Waals surface area contributed by atoms with Crippen molar-refractivity contribution >= 4 is 16.8 Å². The summed E-state index contributed by atoms with van der Waals surface area (Å²) in [6.07, 6.45) is 2.72. The predicted molar refractivity (Wildman–Crippen MR) is 94.6 cm³/mol. The maximum Gasteiger partial charge on any atom is 0.273 e. The van der Waals surface area contributed by atoms with Crippen LogP contribution in [0.4, 0.5) is 0 Å². The molecule has 0 saturated carbocycles. The molecule has 1 unspecified atom stereocenters. The van der Waals surface area contributed by atoms with Crippen molar-refractivity contribution in [3.63, 3.8) is 0 Å². The van der Waals surface area contributed by atoms with E-state index in [1.807, 2.05) is 37.3 Å². The van der Waals surface area contributed by atoms with E-state index in [1.165, 1.54) is 0 Å². The average Bonchev–Trinajstić information content (AvgIpc) is 3.01. The highest BCUT2D eigenvalue weighted by molar-refractivity contribution is 5.93. The molecule has 2 aromatic heterocycles. The van der Waals surface area contributed by atoms with Crippen LogP contribution in [0.5, 0.6) is 0 Å². The van der Waals surface area contributed by atoms with Crippen molar-refractivity contribution < 1.29 is 9.90 Å². The van der Waals surface area contributed by atoms with Crippen LogP contribution in [0, 0.1) is 6.92 Å². The molecule has 1 aromatic carbocycles. The highest BCUT2D eigenvalue weighted by Gasteiger charge is 2.18. The normalized spacial score (nSPS) is 12.3. The number of hydrogen-bond donors (Lipinski definition) is 2. The Morgan fingerprint density at radius 3 is 3.00 bits per heavy atom. The predicted octanol–water partition coefficient (Wildman–Crippen LogP) is 2.01. The zero-order valence-electron chi connectivity index (χ0n) is 14.3. The summed E-state index contributed by atoms with van der Waals surface area (Å²) >= 11 is 0. The number of aliphatic hydroxyl groups excluding tert-OH is 1. The van der Waals surface area contributed by atoms with Crippen LogP contribution < -0.4 is 5.32 Å². The Kier molecular flexibility index (Phi) is 5.04. The number of carbonyl (C=O) groups excluding carboxylic acids is 1. The first-order chi connectivity index (χ1) is 12.1. The first kappa shape index (κ1) is 17.0. The van der Waals surface area contributed by atoms with Crippen LogP contribution in [-0.4, -0.2) is 43.6 Å². The molecule has 0 bridgehead atoms. The minimum atomic E-state index is -0.544. The van der Waals surface area contributed by atoms with E-state index >= 15 is 0 Å². The summed E-state index contributed by atoms with van der Waals surface area (Å²) in [7, 11) is 0. The fourth-order valence-electron chi connectivity index (χ4n) is 2.71. The van der Waals surface area contributed by atoms with Gasteiger partial charge in [0.1, 0.15) is 0 Å². The van der Waals surface area contributed by atoms with E-state index in [4.69, 9.17) is 0 Å². The smallest absolute Gasteiger partial charge is 0.273 e. The van der Waals surface area contributed by atoms with Crippen LogP contribution in [0.1, 0.15) is 35.9 Å². The lowest BCUT2D eigenvalue weighted by molar-refractivity contribution is 0.0904. The maximum absolute atomic E-state index is 12.3. The van der Waals surface area contributed by atoms with Crippen LogP contribution in [0.2, 0.25) is 0 Å². The van der Waals surface area contributed by atoms with Gasteiger partial charge in [0.25, 0.3) is 5.91 Å². The summed E-state index contributed by atoms with van der Waals surface area (Å²) in [6, 6.07) is 9.61. The van der Waals surface area contributed by atoms with Crippen molar-refractivity contribution in [1.82, 2.24) is 25.3 Å². The summed E-state index contributed by atoms with van der Waals surface area (Å²) in [5.41, 5.74) is 2.61. The summed E-state index contributed by atoms with van der Waals surface area (Å²) < 4.78 is 1.63. The van der Waals surface area contributed by atoms with Gasteiger partial charge in [0, 0.05) is 18.1 Å². The van der Waals surface area contributed by atoms with Gasteiger partial charge in [0.05, 0.1) is 23.0 Å². The zero-order valence-corrected chi connectivity index (χ0v) is 14.3. The molecule has 1 amide bonds. The van der Waals surface area contributed by atoms with Gasteiger partial charge in [0.15, 0.2) is 5.69 Å².